The van der Waals surface area contributed by atoms with Gasteiger partial charge in [-0.05, 0) is 35.0 Å². The van der Waals surface area contributed by atoms with Gasteiger partial charge in [0.2, 0.25) is 0 Å². The lowest BCUT2D eigenvalue weighted by Crippen LogP contribution is -2.21. The smallest absolute Gasteiger partial charge is 0.170 e. The highest BCUT2D eigenvalue weighted by molar-refractivity contribution is 5.32. The summed E-state index contributed by atoms with van der Waals surface area (Å²) >= 11 is 0. The van der Waals surface area contributed by atoms with E-state index in [1.54, 1.807) is 18.2 Å². The molecule has 2 aromatic rings. The predicted molar refractivity (Wildman–Crippen MR) is 65.7 cm³/mol. The molecule has 0 aliphatic carbocycles. The zero-order valence-corrected chi connectivity index (χ0v) is 10.5. The minimum absolute atomic E-state index is 0.338. The molecule has 18 heavy (non-hydrogen) atoms. The molecule has 1 aromatic carbocycles. The number of halogens is 1. The Hall–Kier alpha value is -1.82. The third-order valence-corrected chi connectivity index (χ3v) is 2.45. The Kier molecular flexibility index (Phi) is 3.99. The van der Waals surface area contributed by atoms with Gasteiger partial charge >= 0.3 is 0 Å². The van der Waals surface area contributed by atoms with Crippen molar-refractivity contribution in [2.24, 2.45) is 5.92 Å². The number of aromatic nitrogens is 4. The Morgan fingerprint density at radius 3 is 2.83 bits per heavy atom. The monoisotopic (exact) mass is 249 g/mol. The molecule has 0 aliphatic heterocycles. The summed E-state index contributed by atoms with van der Waals surface area (Å²) in [6, 6.07) is 6.44. The van der Waals surface area contributed by atoms with Crippen molar-refractivity contribution < 1.29 is 4.39 Å². The first-order valence-corrected chi connectivity index (χ1v) is 5.91. The van der Waals surface area contributed by atoms with E-state index in [9.17, 15) is 4.39 Å². The summed E-state index contributed by atoms with van der Waals surface area (Å²) in [5, 5.41) is 14.5. The van der Waals surface area contributed by atoms with Crippen LogP contribution in [0.1, 0.15) is 19.7 Å². The third-order valence-electron chi connectivity index (χ3n) is 2.45. The minimum Gasteiger partial charge on any atom is -0.310 e. The SMILES string of the molecule is CC(C)CNCc1nnnn1-c1ccccc1F. The van der Waals surface area contributed by atoms with E-state index in [4.69, 9.17) is 0 Å². The van der Waals surface area contributed by atoms with Crippen LogP contribution in [-0.4, -0.2) is 26.8 Å². The van der Waals surface area contributed by atoms with Crippen LogP contribution in [0.25, 0.3) is 5.69 Å². The normalized spacial score (nSPS) is 11.1. The number of tetrazole rings is 1. The summed E-state index contributed by atoms with van der Waals surface area (Å²) in [5.74, 6) is 0.804. The van der Waals surface area contributed by atoms with E-state index in [0.29, 0.717) is 24.0 Å². The van der Waals surface area contributed by atoms with Crippen molar-refractivity contribution in [2.75, 3.05) is 6.54 Å². The second-order valence-corrected chi connectivity index (χ2v) is 4.48. The van der Waals surface area contributed by atoms with E-state index in [1.165, 1.54) is 10.7 Å². The van der Waals surface area contributed by atoms with Gasteiger partial charge in [-0.15, -0.1) is 5.10 Å². The van der Waals surface area contributed by atoms with Crippen molar-refractivity contribution in [3.63, 3.8) is 0 Å². The standard InChI is InChI=1S/C12H16FN5/c1-9(2)7-14-8-12-15-16-17-18(12)11-6-4-3-5-10(11)13/h3-6,9,14H,7-8H2,1-2H3. The van der Waals surface area contributed by atoms with Crippen LogP contribution in [-0.2, 0) is 6.54 Å². The van der Waals surface area contributed by atoms with Crippen LogP contribution in [0.4, 0.5) is 4.39 Å². The Balaban J connectivity index is 2.15. The van der Waals surface area contributed by atoms with Gasteiger partial charge in [0.15, 0.2) is 5.82 Å². The molecule has 1 heterocycles. The molecule has 0 saturated heterocycles. The van der Waals surface area contributed by atoms with Crippen LogP contribution in [0, 0.1) is 11.7 Å². The van der Waals surface area contributed by atoms with Crippen molar-refractivity contribution in [2.45, 2.75) is 20.4 Å². The summed E-state index contributed by atoms with van der Waals surface area (Å²) in [4.78, 5) is 0. The van der Waals surface area contributed by atoms with E-state index in [2.05, 4.69) is 34.7 Å². The van der Waals surface area contributed by atoms with Crippen LogP contribution in [0.2, 0.25) is 0 Å². The summed E-state index contributed by atoms with van der Waals surface area (Å²) in [6.45, 7) is 5.61. The lowest BCUT2D eigenvalue weighted by molar-refractivity contribution is 0.534. The first-order valence-electron chi connectivity index (χ1n) is 5.91. The third kappa shape index (κ3) is 2.89. The summed E-state index contributed by atoms with van der Waals surface area (Å²) < 4.78 is 15.1. The van der Waals surface area contributed by atoms with Crippen LogP contribution < -0.4 is 5.32 Å². The molecule has 0 fully saturated rings. The van der Waals surface area contributed by atoms with E-state index in [0.717, 1.165) is 6.54 Å². The number of para-hydroxylation sites is 1. The topological polar surface area (TPSA) is 55.6 Å². The molecule has 0 saturated carbocycles. The van der Waals surface area contributed by atoms with E-state index < -0.39 is 0 Å². The molecule has 0 amide bonds. The predicted octanol–water partition coefficient (Wildman–Crippen LogP) is 1.55. The first-order chi connectivity index (χ1) is 8.68. The maximum atomic E-state index is 13.6. The molecule has 1 aromatic heterocycles. The maximum Gasteiger partial charge on any atom is 0.170 e. The van der Waals surface area contributed by atoms with Gasteiger partial charge in [0, 0.05) is 0 Å². The zero-order valence-electron chi connectivity index (χ0n) is 10.5. The van der Waals surface area contributed by atoms with Gasteiger partial charge in [0.05, 0.1) is 6.54 Å². The lowest BCUT2D eigenvalue weighted by atomic mass is 10.2. The van der Waals surface area contributed by atoms with Crippen LogP contribution in [0.15, 0.2) is 24.3 Å². The second-order valence-electron chi connectivity index (χ2n) is 4.48. The fourth-order valence-electron chi connectivity index (χ4n) is 1.60. The van der Waals surface area contributed by atoms with E-state index >= 15 is 0 Å². The molecule has 5 nitrogen and oxygen atoms in total. The fourth-order valence-corrected chi connectivity index (χ4v) is 1.60. The molecule has 6 heteroatoms. The lowest BCUT2D eigenvalue weighted by Gasteiger charge is -2.08. The Labute approximate surface area is 105 Å². The number of hydrogen-bond donors (Lipinski definition) is 1. The molecule has 96 valence electrons. The molecule has 0 unspecified atom stereocenters. The molecule has 1 N–H and O–H groups in total. The van der Waals surface area contributed by atoms with Crippen LogP contribution >= 0.6 is 0 Å². The summed E-state index contributed by atoms with van der Waals surface area (Å²) in [5.41, 5.74) is 0.365. The Morgan fingerprint density at radius 2 is 2.11 bits per heavy atom. The van der Waals surface area contributed by atoms with Gasteiger partial charge in [-0.1, -0.05) is 26.0 Å². The largest absolute Gasteiger partial charge is 0.310 e. The van der Waals surface area contributed by atoms with Gasteiger partial charge in [-0.3, -0.25) is 0 Å². The van der Waals surface area contributed by atoms with Gasteiger partial charge in [0.1, 0.15) is 11.5 Å². The molecular formula is C12H16FN5. The highest BCUT2D eigenvalue weighted by Gasteiger charge is 2.11. The molecule has 2 rings (SSSR count). The quantitative estimate of drug-likeness (QED) is 0.873. The van der Waals surface area contributed by atoms with E-state index in [1.807, 2.05) is 0 Å². The van der Waals surface area contributed by atoms with Gasteiger partial charge in [0.25, 0.3) is 0 Å². The van der Waals surface area contributed by atoms with Gasteiger partial charge in [-0.25, -0.2) is 4.39 Å². The second kappa shape index (κ2) is 5.68. The van der Waals surface area contributed by atoms with E-state index in [-0.39, 0.29) is 5.82 Å². The maximum absolute atomic E-state index is 13.6. The minimum atomic E-state index is -0.338. The summed E-state index contributed by atoms with van der Waals surface area (Å²) in [7, 11) is 0. The van der Waals surface area contributed by atoms with Crippen LogP contribution in [0.3, 0.4) is 0 Å². The Bertz CT molecular complexity index is 509. The number of benzene rings is 1. The molecule has 0 aliphatic rings. The van der Waals surface area contributed by atoms with Crippen molar-refractivity contribution in [1.29, 1.82) is 0 Å². The molecule has 0 spiro atoms. The highest BCUT2D eigenvalue weighted by atomic mass is 19.1. The summed E-state index contributed by atoms with van der Waals surface area (Å²) in [6.07, 6.45) is 0. The average molecular weight is 249 g/mol. The zero-order chi connectivity index (χ0) is 13.0. The fraction of sp³-hybridized carbons (Fsp3) is 0.417. The van der Waals surface area contributed by atoms with Crippen molar-refractivity contribution in [3.8, 4) is 5.69 Å². The number of rotatable bonds is 5. The number of nitrogens with one attached hydrogen (secondary N) is 1. The molecule has 0 atom stereocenters. The molecular weight excluding hydrogens is 233 g/mol. The first kappa shape index (κ1) is 12.6. The van der Waals surface area contributed by atoms with Crippen molar-refractivity contribution in [1.82, 2.24) is 25.5 Å². The number of hydrogen-bond acceptors (Lipinski definition) is 4. The molecule has 0 radical (unpaired) electrons. The Morgan fingerprint density at radius 1 is 1.33 bits per heavy atom. The number of nitrogens with zero attached hydrogens (tertiary/aromatic N) is 4. The average Bonchev–Trinajstić information content (AvgIpc) is 2.77. The highest BCUT2D eigenvalue weighted by Crippen LogP contribution is 2.12. The van der Waals surface area contributed by atoms with Crippen molar-refractivity contribution in [3.05, 3.63) is 35.9 Å². The van der Waals surface area contributed by atoms with Gasteiger partial charge < -0.3 is 5.32 Å². The van der Waals surface area contributed by atoms with Gasteiger partial charge in [-0.2, -0.15) is 4.68 Å². The van der Waals surface area contributed by atoms with Crippen molar-refractivity contribution >= 4 is 0 Å². The van der Waals surface area contributed by atoms with Crippen LogP contribution in [0.5, 0.6) is 0 Å². The molecule has 0 bridgehead atoms.